The zero-order valence-electron chi connectivity index (χ0n) is 19.0. The molecule has 10 nitrogen and oxygen atoms in total. The second-order valence-electron chi connectivity index (χ2n) is 7.87. The Kier molecular flexibility index (Phi) is 7.01. The number of para-hydroxylation sites is 1. The zero-order chi connectivity index (χ0) is 24.8. The van der Waals surface area contributed by atoms with Crippen molar-refractivity contribution < 1.29 is 18.9 Å². The molecule has 0 spiro atoms. The van der Waals surface area contributed by atoms with E-state index in [9.17, 15) is 19.7 Å². The molecule has 0 aliphatic rings. The van der Waals surface area contributed by atoms with E-state index < -0.39 is 4.92 Å². The molecule has 0 atom stereocenters. The predicted octanol–water partition coefficient (Wildman–Crippen LogP) is 3.36. The molecule has 0 fully saturated rings. The summed E-state index contributed by atoms with van der Waals surface area (Å²) in [6.45, 7) is 0.126. The molecule has 0 unspecified atom stereocenters. The minimum Gasteiger partial charge on any atom is -0.467 e. The van der Waals surface area contributed by atoms with Crippen molar-refractivity contribution in [1.82, 2.24) is 20.0 Å². The van der Waals surface area contributed by atoms with Crippen molar-refractivity contribution >= 4 is 17.5 Å². The van der Waals surface area contributed by atoms with Crippen molar-refractivity contribution in [3.05, 3.63) is 101 Å². The van der Waals surface area contributed by atoms with Gasteiger partial charge in [0.2, 0.25) is 11.8 Å². The number of hydrogen-bond acceptors (Lipinski definition) is 6. The van der Waals surface area contributed by atoms with E-state index in [0.29, 0.717) is 22.6 Å². The summed E-state index contributed by atoms with van der Waals surface area (Å²) in [7, 11) is 1.56. The average molecular weight is 473 g/mol. The molecule has 0 aliphatic carbocycles. The summed E-state index contributed by atoms with van der Waals surface area (Å²) in [6.07, 6.45) is 3.28. The Labute approximate surface area is 200 Å². The molecular formula is C25H23N5O5. The third-order valence-corrected chi connectivity index (χ3v) is 5.35. The first kappa shape index (κ1) is 23.4. The van der Waals surface area contributed by atoms with Crippen LogP contribution in [0.2, 0.25) is 0 Å². The summed E-state index contributed by atoms with van der Waals surface area (Å²) >= 11 is 0. The molecule has 0 bridgehead atoms. The van der Waals surface area contributed by atoms with Gasteiger partial charge in [-0.2, -0.15) is 5.10 Å². The number of carbonyl (C=O) groups excluding carboxylic acids is 2. The second kappa shape index (κ2) is 10.5. The fraction of sp³-hybridized carbons (Fsp3) is 0.160. The largest absolute Gasteiger partial charge is 0.467 e. The van der Waals surface area contributed by atoms with Gasteiger partial charge in [-0.05, 0) is 36.4 Å². The molecule has 0 aliphatic heterocycles. The first-order valence-electron chi connectivity index (χ1n) is 10.8. The van der Waals surface area contributed by atoms with E-state index in [-0.39, 0.29) is 37.0 Å². The molecule has 0 saturated carbocycles. The monoisotopic (exact) mass is 473 g/mol. The van der Waals surface area contributed by atoms with Crippen LogP contribution in [-0.4, -0.2) is 45.0 Å². The van der Waals surface area contributed by atoms with Crippen molar-refractivity contribution in [3.8, 4) is 16.9 Å². The Morgan fingerprint density at radius 2 is 1.83 bits per heavy atom. The number of nitrogens with one attached hydrogen (secondary N) is 1. The Bertz CT molecular complexity index is 1310. The van der Waals surface area contributed by atoms with Crippen LogP contribution in [0.15, 0.2) is 83.6 Å². The number of likely N-dealkylation sites (N-methyl/N-ethyl adjacent to an activating group) is 1. The zero-order valence-corrected chi connectivity index (χ0v) is 19.0. The van der Waals surface area contributed by atoms with Crippen LogP contribution in [0.25, 0.3) is 16.9 Å². The van der Waals surface area contributed by atoms with Crippen LogP contribution in [0.1, 0.15) is 11.3 Å². The van der Waals surface area contributed by atoms with E-state index in [1.807, 2.05) is 30.3 Å². The first-order valence-corrected chi connectivity index (χ1v) is 10.8. The average Bonchev–Trinajstić information content (AvgIpc) is 3.53. The Morgan fingerprint density at radius 1 is 1.09 bits per heavy atom. The molecule has 0 saturated heterocycles. The fourth-order valence-electron chi connectivity index (χ4n) is 3.49. The molecule has 10 heteroatoms. The van der Waals surface area contributed by atoms with Crippen LogP contribution >= 0.6 is 0 Å². The fourth-order valence-corrected chi connectivity index (χ4v) is 3.49. The summed E-state index contributed by atoms with van der Waals surface area (Å²) in [5.74, 6) is 0.0372. The smallest absolute Gasteiger partial charge is 0.269 e. The van der Waals surface area contributed by atoms with Gasteiger partial charge >= 0.3 is 0 Å². The van der Waals surface area contributed by atoms with Crippen molar-refractivity contribution in [1.29, 1.82) is 0 Å². The summed E-state index contributed by atoms with van der Waals surface area (Å²) in [5.41, 5.74) is 2.59. The van der Waals surface area contributed by atoms with Crippen molar-refractivity contribution in [3.63, 3.8) is 0 Å². The lowest BCUT2D eigenvalue weighted by atomic mass is 10.1. The SMILES string of the molecule is CN(CC(=O)NCc1ccco1)C(=O)Cc1cn(-c2ccccc2)nc1-c1ccc([N+](=O)[O-])cc1. The number of amides is 2. The Hall–Kier alpha value is -4.73. The summed E-state index contributed by atoms with van der Waals surface area (Å²) < 4.78 is 6.85. The summed E-state index contributed by atoms with van der Waals surface area (Å²) in [4.78, 5) is 37.1. The second-order valence-corrected chi connectivity index (χ2v) is 7.87. The Morgan fingerprint density at radius 3 is 2.49 bits per heavy atom. The molecule has 178 valence electrons. The molecule has 4 aromatic rings. The van der Waals surface area contributed by atoms with Crippen LogP contribution in [0, 0.1) is 10.1 Å². The van der Waals surface area contributed by atoms with Gasteiger partial charge in [-0.15, -0.1) is 0 Å². The maximum atomic E-state index is 13.0. The van der Waals surface area contributed by atoms with Gasteiger partial charge in [0.25, 0.3) is 5.69 Å². The van der Waals surface area contributed by atoms with Crippen LogP contribution in [0.3, 0.4) is 0 Å². The van der Waals surface area contributed by atoms with Gasteiger partial charge in [-0.1, -0.05) is 18.2 Å². The maximum absolute atomic E-state index is 13.0. The number of furan rings is 1. The molecule has 2 aromatic carbocycles. The number of nitro benzene ring substituents is 1. The van der Waals surface area contributed by atoms with Gasteiger partial charge in [0.05, 0.1) is 42.1 Å². The number of nitrogens with zero attached hydrogens (tertiary/aromatic N) is 4. The standard InChI is InChI=1S/C25H23N5O5/c1-28(17-23(31)26-15-22-8-5-13-35-22)24(32)14-19-16-29(20-6-3-2-4-7-20)27-25(19)18-9-11-21(12-10-18)30(33)34/h2-13,16H,14-15,17H2,1H3,(H,26,31). The number of rotatable bonds is 9. The van der Waals surface area contributed by atoms with Crippen LogP contribution in [-0.2, 0) is 22.6 Å². The lowest BCUT2D eigenvalue weighted by Gasteiger charge is -2.16. The number of hydrogen-bond donors (Lipinski definition) is 1. The van der Waals surface area contributed by atoms with E-state index in [1.54, 1.807) is 42.2 Å². The molecule has 2 heterocycles. The molecule has 35 heavy (non-hydrogen) atoms. The van der Waals surface area contributed by atoms with E-state index in [0.717, 1.165) is 5.69 Å². The maximum Gasteiger partial charge on any atom is 0.269 e. The lowest BCUT2D eigenvalue weighted by molar-refractivity contribution is -0.384. The first-order chi connectivity index (χ1) is 16.9. The summed E-state index contributed by atoms with van der Waals surface area (Å²) in [6, 6.07) is 18.9. The predicted molar refractivity (Wildman–Crippen MR) is 128 cm³/mol. The topological polar surface area (TPSA) is 124 Å². The molecule has 2 aromatic heterocycles. The Balaban J connectivity index is 1.51. The summed E-state index contributed by atoms with van der Waals surface area (Å²) in [5, 5.41) is 18.4. The van der Waals surface area contributed by atoms with Gasteiger partial charge < -0.3 is 14.6 Å². The number of aromatic nitrogens is 2. The lowest BCUT2D eigenvalue weighted by Crippen LogP contribution is -2.38. The minimum atomic E-state index is -0.470. The normalized spacial score (nSPS) is 10.7. The van der Waals surface area contributed by atoms with Gasteiger partial charge in [0, 0.05) is 36.5 Å². The third kappa shape index (κ3) is 5.80. The molecular weight excluding hydrogens is 450 g/mol. The molecule has 2 amide bonds. The number of non-ortho nitro benzene ring substituents is 1. The highest BCUT2D eigenvalue weighted by molar-refractivity contribution is 5.86. The van der Waals surface area contributed by atoms with Crippen molar-refractivity contribution in [2.45, 2.75) is 13.0 Å². The van der Waals surface area contributed by atoms with E-state index in [1.165, 1.54) is 23.3 Å². The van der Waals surface area contributed by atoms with Gasteiger partial charge in [-0.3, -0.25) is 19.7 Å². The highest BCUT2D eigenvalue weighted by Crippen LogP contribution is 2.26. The number of carbonyl (C=O) groups is 2. The van der Waals surface area contributed by atoms with Crippen molar-refractivity contribution in [2.75, 3.05) is 13.6 Å². The molecule has 4 rings (SSSR count). The van der Waals surface area contributed by atoms with Crippen LogP contribution in [0.4, 0.5) is 5.69 Å². The van der Waals surface area contributed by atoms with E-state index in [4.69, 9.17) is 4.42 Å². The highest BCUT2D eigenvalue weighted by atomic mass is 16.6. The number of benzene rings is 2. The minimum absolute atomic E-state index is 0.00111. The van der Waals surface area contributed by atoms with Gasteiger partial charge in [-0.25, -0.2) is 4.68 Å². The van der Waals surface area contributed by atoms with Crippen LogP contribution in [0.5, 0.6) is 0 Å². The van der Waals surface area contributed by atoms with Crippen LogP contribution < -0.4 is 5.32 Å². The quantitative estimate of drug-likeness (QED) is 0.294. The van der Waals surface area contributed by atoms with Crippen molar-refractivity contribution in [2.24, 2.45) is 0 Å². The number of nitro groups is 1. The van der Waals surface area contributed by atoms with Gasteiger partial charge in [0.15, 0.2) is 0 Å². The van der Waals surface area contributed by atoms with E-state index >= 15 is 0 Å². The highest BCUT2D eigenvalue weighted by Gasteiger charge is 2.20. The third-order valence-electron chi connectivity index (χ3n) is 5.35. The van der Waals surface area contributed by atoms with E-state index in [2.05, 4.69) is 10.4 Å². The molecule has 0 radical (unpaired) electrons. The van der Waals surface area contributed by atoms with Gasteiger partial charge in [0.1, 0.15) is 5.76 Å². The molecule has 1 N–H and O–H groups in total.